The highest BCUT2D eigenvalue weighted by Gasteiger charge is 2.14. The first-order valence-corrected chi connectivity index (χ1v) is 18.1. The van der Waals surface area contributed by atoms with E-state index in [1.165, 1.54) is 42.9 Å². The molecule has 2 aromatic carbocycles. The van der Waals surface area contributed by atoms with E-state index in [9.17, 15) is 14.4 Å². The Hall–Kier alpha value is -1.24. The third-order valence-corrected chi connectivity index (χ3v) is 11.6. The van der Waals surface area contributed by atoms with Crippen LogP contribution in [0, 0.1) is 0 Å². The number of nitrogens with two attached hydrogens (primary N) is 1. The molecule has 0 heterocycles. The Bertz CT molecular complexity index is 1030. The van der Waals surface area contributed by atoms with Crippen molar-refractivity contribution in [2.24, 2.45) is 5.73 Å². The molecule has 38 heavy (non-hydrogen) atoms. The average molecular weight is 610 g/mol. The fourth-order valence-corrected chi connectivity index (χ4v) is 8.58. The minimum absolute atomic E-state index is 0.0580. The Morgan fingerprint density at radius 1 is 0.816 bits per heavy atom. The fourth-order valence-electron chi connectivity index (χ4n) is 3.79. The normalized spacial score (nSPS) is 14.6. The van der Waals surface area contributed by atoms with E-state index < -0.39 is 6.04 Å². The standard InChI is InChI=1S/C27H35N3O3S5/c28-24(18-34)27(33)38-36-17-15-30-26(32)22-12-8-20(9-13-22)19-6-10-21(11-7-19)25(31)29-14-16-35-37-23-4-2-1-3-5-23/h6-13,23-24,34H,1-5,14-18,28H2,(H,29,31)(H,30,32)/t24-/m0/s1. The van der Waals surface area contributed by atoms with Crippen LogP contribution in [-0.4, -0.2) is 58.6 Å². The van der Waals surface area contributed by atoms with Gasteiger partial charge in [-0.1, -0.05) is 75.9 Å². The zero-order chi connectivity index (χ0) is 27.2. The predicted octanol–water partition coefficient (Wildman–Crippen LogP) is 5.69. The summed E-state index contributed by atoms with van der Waals surface area (Å²) in [7, 11) is 6.30. The van der Waals surface area contributed by atoms with Crippen molar-refractivity contribution >= 4 is 72.7 Å². The SMILES string of the molecule is N[C@@H](CS)C(=O)SSCCNC(=O)c1ccc(-c2ccc(C(=O)NCCSSC3CCCCC3)cc2)cc1. The van der Waals surface area contributed by atoms with E-state index in [-0.39, 0.29) is 16.9 Å². The molecule has 0 aromatic heterocycles. The van der Waals surface area contributed by atoms with Gasteiger partial charge in [0.05, 0.1) is 6.04 Å². The molecule has 1 atom stereocenters. The van der Waals surface area contributed by atoms with E-state index in [1.54, 1.807) is 12.1 Å². The minimum atomic E-state index is -0.568. The zero-order valence-corrected chi connectivity index (χ0v) is 25.4. The van der Waals surface area contributed by atoms with Gasteiger partial charge in [0.2, 0.25) is 5.12 Å². The number of hydrogen-bond donors (Lipinski definition) is 4. The Morgan fingerprint density at radius 2 is 1.32 bits per heavy atom. The van der Waals surface area contributed by atoms with Crippen LogP contribution in [-0.2, 0) is 4.79 Å². The smallest absolute Gasteiger partial charge is 0.251 e. The second-order valence-electron chi connectivity index (χ2n) is 8.86. The topological polar surface area (TPSA) is 101 Å². The minimum Gasteiger partial charge on any atom is -0.351 e. The summed E-state index contributed by atoms with van der Waals surface area (Å²) in [6, 6.07) is 14.3. The summed E-state index contributed by atoms with van der Waals surface area (Å²) in [6.07, 6.45) is 6.72. The molecule has 0 unspecified atom stereocenters. The lowest BCUT2D eigenvalue weighted by Crippen LogP contribution is -2.29. The Kier molecular flexibility index (Phi) is 14.4. The number of nitrogens with one attached hydrogen (secondary N) is 2. The molecule has 0 spiro atoms. The summed E-state index contributed by atoms with van der Waals surface area (Å²) in [6.45, 7) is 1.11. The van der Waals surface area contributed by atoms with Crippen molar-refractivity contribution in [1.82, 2.24) is 10.6 Å². The molecule has 11 heteroatoms. The molecule has 2 amide bonds. The van der Waals surface area contributed by atoms with E-state index in [0.29, 0.717) is 35.7 Å². The lowest BCUT2D eigenvalue weighted by Gasteiger charge is -2.20. The Labute approximate surface area is 246 Å². The van der Waals surface area contributed by atoms with Gasteiger partial charge < -0.3 is 16.4 Å². The molecule has 1 aliphatic carbocycles. The Balaban J connectivity index is 1.36. The first-order valence-electron chi connectivity index (χ1n) is 12.7. The van der Waals surface area contributed by atoms with Gasteiger partial charge in [0, 0.05) is 46.7 Å². The lowest BCUT2D eigenvalue weighted by atomic mass is 10.0. The van der Waals surface area contributed by atoms with Gasteiger partial charge in [-0.3, -0.25) is 14.4 Å². The second-order valence-corrected chi connectivity index (χ2v) is 14.4. The number of amides is 2. The van der Waals surface area contributed by atoms with Gasteiger partial charge in [-0.25, -0.2) is 0 Å². The second kappa shape index (κ2) is 17.5. The van der Waals surface area contributed by atoms with Crippen molar-refractivity contribution < 1.29 is 14.4 Å². The van der Waals surface area contributed by atoms with Crippen LogP contribution in [0.1, 0.15) is 52.8 Å². The first kappa shape index (κ1) is 31.3. The molecule has 1 aliphatic rings. The van der Waals surface area contributed by atoms with Crippen molar-refractivity contribution in [3.63, 3.8) is 0 Å². The van der Waals surface area contributed by atoms with Crippen molar-refractivity contribution in [3.05, 3.63) is 59.7 Å². The number of rotatable bonds is 14. The van der Waals surface area contributed by atoms with Gasteiger partial charge in [0.15, 0.2) is 0 Å². The maximum atomic E-state index is 12.5. The van der Waals surface area contributed by atoms with Crippen LogP contribution in [0.25, 0.3) is 11.1 Å². The van der Waals surface area contributed by atoms with Crippen LogP contribution in [0.5, 0.6) is 0 Å². The molecule has 0 aliphatic heterocycles. The van der Waals surface area contributed by atoms with Crippen molar-refractivity contribution in [2.75, 3.05) is 30.3 Å². The molecule has 206 valence electrons. The largest absolute Gasteiger partial charge is 0.351 e. The summed E-state index contributed by atoms with van der Waals surface area (Å²) in [5.41, 5.74) is 8.78. The molecular formula is C27H35N3O3S5. The van der Waals surface area contributed by atoms with Crippen LogP contribution in [0.15, 0.2) is 48.5 Å². The molecular weight excluding hydrogens is 575 g/mol. The lowest BCUT2D eigenvalue weighted by molar-refractivity contribution is -0.111. The number of hydrogen-bond acceptors (Lipinski definition) is 9. The first-order chi connectivity index (χ1) is 18.5. The van der Waals surface area contributed by atoms with Gasteiger partial charge in [-0.15, -0.1) is 0 Å². The maximum absolute atomic E-state index is 12.5. The van der Waals surface area contributed by atoms with Gasteiger partial charge in [0.1, 0.15) is 0 Å². The fraction of sp³-hybridized carbons (Fsp3) is 0.444. The quantitative estimate of drug-likeness (QED) is 0.123. The molecule has 1 saturated carbocycles. The molecule has 6 nitrogen and oxygen atoms in total. The average Bonchev–Trinajstić information content (AvgIpc) is 2.96. The van der Waals surface area contributed by atoms with Gasteiger partial charge >= 0.3 is 0 Å². The van der Waals surface area contributed by atoms with Crippen molar-refractivity contribution in [1.29, 1.82) is 0 Å². The van der Waals surface area contributed by atoms with Crippen LogP contribution in [0.3, 0.4) is 0 Å². The van der Waals surface area contributed by atoms with Gasteiger partial charge in [0.25, 0.3) is 11.8 Å². The van der Waals surface area contributed by atoms with E-state index in [4.69, 9.17) is 5.73 Å². The summed E-state index contributed by atoms with van der Waals surface area (Å²) >= 11 is 4.02. The van der Waals surface area contributed by atoms with E-state index in [0.717, 1.165) is 32.9 Å². The summed E-state index contributed by atoms with van der Waals surface area (Å²) < 4.78 is 0. The number of benzene rings is 2. The summed E-state index contributed by atoms with van der Waals surface area (Å²) in [4.78, 5) is 36.5. The number of thiol groups is 1. The highest BCUT2D eigenvalue weighted by atomic mass is 33.1. The third-order valence-electron chi connectivity index (χ3n) is 5.97. The van der Waals surface area contributed by atoms with Crippen LogP contribution in [0.2, 0.25) is 0 Å². The van der Waals surface area contributed by atoms with E-state index >= 15 is 0 Å². The third kappa shape index (κ3) is 10.7. The van der Waals surface area contributed by atoms with Crippen LogP contribution < -0.4 is 16.4 Å². The van der Waals surface area contributed by atoms with Gasteiger partial charge in [-0.2, -0.15) is 12.6 Å². The van der Waals surface area contributed by atoms with Crippen molar-refractivity contribution in [3.8, 4) is 11.1 Å². The predicted molar refractivity (Wildman–Crippen MR) is 170 cm³/mol. The molecule has 4 N–H and O–H groups in total. The monoisotopic (exact) mass is 609 g/mol. The number of carbonyl (C=O) groups excluding carboxylic acids is 3. The summed E-state index contributed by atoms with van der Waals surface area (Å²) in [5.74, 6) is 1.60. The number of carbonyl (C=O) groups is 3. The van der Waals surface area contributed by atoms with Crippen LogP contribution >= 0.6 is 55.8 Å². The Morgan fingerprint density at radius 3 is 1.82 bits per heavy atom. The zero-order valence-electron chi connectivity index (χ0n) is 21.2. The molecule has 3 rings (SSSR count). The van der Waals surface area contributed by atoms with E-state index in [1.807, 2.05) is 58.0 Å². The molecule has 2 aromatic rings. The molecule has 1 fully saturated rings. The van der Waals surface area contributed by atoms with Crippen molar-refractivity contribution in [2.45, 2.75) is 43.4 Å². The molecule has 0 radical (unpaired) electrons. The van der Waals surface area contributed by atoms with Crippen LogP contribution in [0.4, 0.5) is 0 Å². The highest BCUT2D eigenvalue weighted by Crippen LogP contribution is 2.35. The van der Waals surface area contributed by atoms with Gasteiger partial charge in [-0.05, 0) is 59.0 Å². The highest BCUT2D eigenvalue weighted by molar-refractivity contribution is 8.82. The molecule has 0 saturated heterocycles. The summed E-state index contributed by atoms with van der Waals surface area (Å²) in [5, 5.41) is 6.53. The maximum Gasteiger partial charge on any atom is 0.251 e. The van der Waals surface area contributed by atoms with E-state index in [2.05, 4.69) is 23.3 Å². The molecule has 0 bridgehead atoms.